The number of phosphoric acid groups is 1. The molecule has 1 aliphatic rings. The molecule has 146 valence electrons. The van der Waals surface area contributed by atoms with Gasteiger partial charge in [0.15, 0.2) is 5.54 Å². The molecule has 27 heavy (non-hydrogen) atoms. The largest absolute Gasteiger partial charge is 0.471 e. The van der Waals surface area contributed by atoms with E-state index in [2.05, 4.69) is 9.84 Å². The molecule has 0 bridgehead atoms. The molecule has 7 N–H and O–H groups in total. The maximum absolute atomic E-state index is 13.1. The minimum Gasteiger partial charge on any atom is -0.412 e. The number of urea groups is 1. The predicted octanol–water partition coefficient (Wildman–Crippen LogP) is -0.101. The molecule has 0 unspecified atom stereocenters. The lowest BCUT2D eigenvalue weighted by Gasteiger charge is -2.27. The minimum absolute atomic E-state index is 0. The number of rotatable bonds is 5. The number of carbonyl (C=O) groups is 2. The van der Waals surface area contributed by atoms with Gasteiger partial charge in [0.05, 0.1) is 0 Å². The molecule has 1 fully saturated rings. The van der Waals surface area contributed by atoms with Crippen molar-refractivity contribution in [1.29, 1.82) is 0 Å². The van der Waals surface area contributed by atoms with E-state index in [1.54, 1.807) is 60.7 Å². The molecule has 1 saturated heterocycles. The van der Waals surface area contributed by atoms with Crippen molar-refractivity contribution in [1.82, 2.24) is 10.2 Å². The number of hydrogen-bond acceptors (Lipinski definition) is 4. The fourth-order valence-electron chi connectivity index (χ4n) is 2.76. The summed E-state index contributed by atoms with van der Waals surface area (Å²) in [5, 5.41) is 2.64. The predicted molar refractivity (Wildman–Crippen MR) is 94.3 cm³/mol. The fraction of sp³-hybridized carbons (Fsp3) is 0.125. The van der Waals surface area contributed by atoms with Gasteiger partial charge in [-0.1, -0.05) is 60.7 Å². The molecule has 0 aliphatic carbocycles. The highest BCUT2D eigenvalue weighted by molar-refractivity contribution is 7.46. The van der Waals surface area contributed by atoms with E-state index in [0.717, 1.165) is 0 Å². The Hall–Kier alpha value is -2.59. The molecule has 0 aromatic heterocycles. The van der Waals surface area contributed by atoms with Crippen LogP contribution in [0, 0.1) is 0 Å². The molecule has 3 rings (SSSR count). The molecule has 3 amide bonds. The first-order valence-corrected chi connectivity index (χ1v) is 8.83. The van der Waals surface area contributed by atoms with Crippen LogP contribution in [0.15, 0.2) is 60.7 Å². The lowest BCUT2D eigenvalue weighted by molar-refractivity contribution is -0.132. The Balaban J connectivity index is 0.00000182. The lowest BCUT2D eigenvalue weighted by atomic mass is 9.83. The quantitative estimate of drug-likeness (QED) is 0.467. The molecule has 10 nitrogen and oxygen atoms in total. The van der Waals surface area contributed by atoms with Gasteiger partial charge in [-0.25, -0.2) is 14.3 Å². The van der Waals surface area contributed by atoms with Crippen molar-refractivity contribution in [2.45, 2.75) is 5.54 Å². The lowest BCUT2D eigenvalue weighted by Crippen LogP contribution is -2.45. The number of nitrogens with one attached hydrogen (secondary N) is 1. The maximum Gasteiger partial charge on any atom is 0.471 e. The number of benzene rings is 2. The second-order valence-electron chi connectivity index (χ2n) is 5.39. The summed E-state index contributed by atoms with van der Waals surface area (Å²) >= 11 is 0. The normalized spacial score (nSPS) is 15.6. The SMILES string of the molecule is O.O.O=C1NC(c2ccccc2)(c2ccccc2)C(=O)N1COP(=O)(O)O. The van der Waals surface area contributed by atoms with Crippen molar-refractivity contribution in [2.75, 3.05) is 6.73 Å². The first-order valence-electron chi connectivity index (χ1n) is 7.30. The fourth-order valence-corrected chi connectivity index (χ4v) is 3.03. The molecule has 0 atom stereocenters. The summed E-state index contributed by atoms with van der Waals surface area (Å²) in [6.07, 6.45) is 0. The van der Waals surface area contributed by atoms with E-state index in [4.69, 9.17) is 9.79 Å². The Labute approximate surface area is 154 Å². The van der Waals surface area contributed by atoms with Gasteiger partial charge in [0.2, 0.25) is 0 Å². The topological polar surface area (TPSA) is 179 Å². The van der Waals surface area contributed by atoms with E-state index in [1.165, 1.54) is 0 Å². The molecule has 1 aliphatic heterocycles. The van der Waals surface area contributed by atoms with Gasteiger partial charge in [-0.3, -0.25) is 9.32 Å². The average molecular weight is 398 g/mol. The molecule has 0 spiro atoms. The van der Waals surface area contributed by atoms with E-state index >= 15 is 0 Å². The van der Waals surface area contributed by atoms with Crippen molar-refractivity contribution < 1.29 is 39.4 Å². The number of imide groups is 1. The summed E-state index contributed by atoms with van der Waals surface area (Å²) in [6, 6.07) is 16.4. The van der Waals surface area contributed by atoms with E-state index in [1.807, 2.05) is 0 Å². The number of nitrogens with zero attached hydrogens (tertiary/aromatic N) is 1. The van der Waals surface area contributed by atoms with E-state index in [0.29, 0.717) is 16.0 Å². The standard InChI is InChI=1S/C16H15N2O6P.2H2O/c19-14-16(12-7-3-1-4-8-12,13-9-5-2-6-10-13)17-15(20)18(14)11-24-25(21,22)23;;/h1-10H,11H2,(H,17,20)(H2,21,22,23);2*1H2. The van der Waals surface area contributed by atoms with Crippen LogP contribution in [0.1, 0.15) is 11.1 Å². The zero-order chi connectivity index (χ0) is 18.1. The van der Waals surface area contributed by atoms with Gasteiger partial charge in [-0.2, -0.15) is 0 Å². The van der Waals surface area contributed by atoms with Crippen LogP contribution >= 0.6 is 7.82 Å². The summed E-state index contributed by atoms with van der Waals surface area (Å²) in [6.45, 7) is -0.851. The third-order valence-corrected chi connectivity index (χ3v) is 4.33. The van der Waals surface area contributed by atoms with Crippen LogP contribution < -0.4 is 5.32 Å². The van der Waals surface area contributed by atoms with E-state index in [9.17, 15) is 14.2 Å². The van der Waals surface area contributed by atoms with Crippen LogP contribution in [0.2, 0.25) is 0 Å². The smallest absolute Gasteiger partial charge is 0.412 e. The second-order valence-corrected chi connectivity index (χ2v) is 6.63. The van der Waals surface area contributed by atoms with Gasteiger partial charge in [0, 0.05) is 0 Å². The molecule has 2 aromatic rings. The Morgan fingerprint density at radius 1 is 0.926 bits per heavy atom. The van der Waals surface area contributed by atoms with E-state index < -0.39 is 32.0 Å². The van der Waals surface area contributed by atoms with Crippen molar-refractivity contribution >= 4 is 19.8 Å². The number of phosphoric ester groups is 1. The Kier molecular flexibility index (Phi) is 6.99. The monoisotopic (exact) mass is 398 g/mol. The highest BCUT2D eigenvalue weighted by Crippen LogP contribution is 2.39. The molecular weight excluding hydrogens is 379 g/mol. The van der Waals surface area contributed by atoms with Crippen LogP contribution in [-0.2, 0) is 19.4 Å². The van der Waals surface area contributed by atoms with Crippen molar-refractivity contribution in [3.63, 3.8) is 0 Å². The zero-order valence-electron chi connectivity index (χ0n) is 13.9. The van der Waals surface area contributed by atoms with Crippen LogP contribution in [0.4, 0.5) is 4.79 Å². The Morgan fingerprint density at radius 2 is 1.37 bits per heavy atom. The molecule has 0 radical (unpaired) electrons. The average Bonchev–Trinajstić information content (AvgIpc) is 2.85. The third-order valence-electron chi connectivity index (χ3n) is 3.87. The first kappa shape index (κ1) is 22.5. The second kappa shape index (κ2) is 8.40. The first-order chi connectivity index (χ1) is 11.8. The summed E-state index contributed by atoms with van der Waals surface area (Å²) in [5.41, 5.74) is -0.436. The van der Waals surface area contributed by atoms with Crippen LogP contribution in [0.5, 0.6) is 0 Å². The summed E-state index contributed by atoms with van der Waals surface area (Å²) in [4.78, 5) is 43.7. The highest BCUT2D eigenvalue weighted by Gasteiger charge is 2.54. The Morgan fingerprint density at radius 3 is 1.78 bits per heavy atom. The van der Waals surface area contributed by atoms with Gasteiger partial charge < -0.3 is 26.1 Å². The van der Waals surface area contributed by atoms with Gasteiger partial charge in [-0.15, -0.1) is 0 Å². The summed E-state index contributed by atoms with van der Waals surface area (Å²) in [5.74, 6) is -0.677. The molecule has 1 heterocycles. The van der Waals surface area contributed by atoms with Crippen LogP contribution in [0.3, 0.4) is 0 Å². The molecule has 0 saturated carbocycles. The number of hydrogen-bond donors (Lipinski definition) is 3. The number of carbonyl (C=O) groups excluding carboxylic acids is 2. The maximum atomic E-state index is 13.1. The van der Waals surface area contributed by atoms with Gasteiger partial charge in [0.1, 0.15) is 6.73 Å². The minimum atomic E-state index is -4.83. The molecular formula is C16H19N2O8P. The Bertz CT molecular complexity index is 801. The van der Waals surface area contributed by atoms with Crippen molar-refractivity contribution in [3.8, 4) is 0 Å². The van der Waals surface area contributed by atoms with E-state index in [-0.39, 0.29) is 11.0 Å². The molecule has 2 aromatic carbocycles. The van der Waals surface area contributed by atoms with Crippen molar-refractivity contribution in [3.05, 3.63) is 71.8 Å². The third kappa shape index (κ3) is 4.22. The summed E-state index contributed by atoms with van der Waals surface area (Å²) in [7, 11) is -4.83. The van der Waals surface area contributed by atoms with Gasteiger partial charge in [-0.05, 0) is 11.1 Å². The highest BCUT2D eigenvalue weighted by atomic mass is 31.2. The van der Waals surface area contributed by atoms with Gasteiger partial charge in [0.25, 0.3) is 5.91 Å². The van der Waals surface area contributed by atoms with Crippen LogP contribution in [0.25, 0.3) is 0 Å². The molecule has 11 heteroatoms. The number of amides is 3. The summed E-state index contributed by atoms with van der Waals surface area (Å²) < 4.78 is 15.2. The van der Waals surface area contributed by atoms with Gasteiger partial charge >= 0.3 is 13.9 Å². The van der Waals surface area contributed by atoms with Crippen LogP contribution in [-0.4, -0.2) is 44.3 Å². The van der Waals surface area contributed by atoms with Crippen molar-refractivity contribution in [2.24, 2.45) is 0 Å². The zero-order valence-corrected chi connectivity index (χ0v) is 14.8.